The van der Waals surface area contributed by atoms with Crippen LogP contribution < -0.4 is 10.2 Å². The van der Waals surface area contributed by atoms with E-state index in [1.54, 1.807) is 4.90 Å². The lowest BCUT2D eigenvalue weighted by Crippen LogP contribution is -2.43. The molecule has 0 bridgehead atoms. The van der Waals surface area contributed by atoms with Crippen molar-refractivity contribution in [3.63, 3.8) is 0 Å². The number of unbranched alkanes of at least 4 members (excludes halogenated alkanes) is 22. The van der Waals surface area contributed by atoms with E-state index in [9.17, 15) is 19.2 Å². The number of carbonyl (C=O) groups excluding carboxylic acids is 4. The Balaban J connectivity index is 1.40. The zero-order valence-electron chi connectivity index (χ0n) is 41.2. The van der Waals surface area contributed by atoms with Gasteiger partial charge in [-0.15, -0.1) is 0 Å². The molecule has 1 aliphatic heterocycles. The topological polar surface area (TPSA) is 102 Å². The number of carbonyl (C=O) groups is 4. The van der Waals surface area contributed by atoms with Crippen LogP contribution in [0.4, 0.5) is 5.69 Å². The van der Waals surface area contributed by atoms with Crippen LogP contribution in [0.3, 0.4) is 0 Å². The van der Waals surface area contributed by atoms with Gasteiger partial charge in [0.2, 0.25) is 11.8 Å². The Morgan fingerprint density at radius 2 is 0.955 bits per heavy atom. The smallest absolute Gasteiger partial charge is 0.305 e. The van der Waals surface area contributed by atoms with Crippen LogP contribution in [0.2, 0.25) is 0 Å². The normalized spacial score (nSPS) is 12.1. The number of nitrogens with one attached hydrogen (secondary N) is 1. The molecular formula is C58H86N2O6. The minimum atomic E-state index is -0.728. The molecule has 2 aromatic rings. The van der Waals surface area contributed by atoms with Gasteiger partial charge in [0.1, 0.15) is 13.2 Å². The molecule has 1 aliphatic rings. The first-order valence-electron chi connectivity index (χ1n) is 26.3. The summed E-state index contributed by atoms with van der Waals surface area (Å²) in [6.07, 6.45) is 40.5. The number of anilines is 1. The van der Waals surface area contributed by atoms with Crippen LogP contribution in [0.5, 0.6) is 0 Å². The first-order valence-corrected chi connectivity index (χ1v) is 26.3. The number of hydrogen-bond acceptors (Lipinski definition) is 6. The molecule has 0 fully saturated rings. The van der Waals surface area contributed by atoms with Gasteiger partial charge in [-0.1, -0.05) is 183 Å². The average molecular weight is 907 g/mol. The van der Waals surface area contributed by atoms with Gasteiger partial charge in [0.05, 0.1) is 18.3 Å². The second-order valence-electron chi connectivity index (χ2n) is 18.2. The summed E-state index contributed by atoms with van der Waals surface area (Å²) in [6, 6.07) is 14.6. The van der Waals surface area contributed by atoms with E-state index in [0.717, 1.165) is 93.7 Å². The quantitative estimate of drug-likeness (QED) is 0.0312. The molecule has 0 aliphatic carbocycles. The summed E-state index contributed by atoms with van der Waals surface area (Å²) >= 11 is 0. The van der Waals surface area contributed by atoms with Crippen LogP contribution in [-0.4, -0.2) is 43.0 Å². The highest BCUT2D eigenvalue weighted by atomic mass is 16.5. The minimum absolute atomic E-state index is 0.0347. The average Bonchev–Trinajstić information content (AvgIpc) is 3.32. The van der Waals surface area contributed by atoms with E-state index in [2.05, 4.69) is 55.3 Å². The Morgan fingerprint density at radius 3 is 1.47 bits per heavy atom. The molecule has 0 radical (unpaired) electrons. The molecule has 0 saturated heterocycles. The van der Waals surface area contributed by atoms with E-state index < -0.39 is 6.04 Å². The Labute approximate surface area is 400 Å². The van der Waals surface area contributed by atoms with E-state index in [1.165, 1.54) is 89.9 Å². The first kappa shape index (κ1) is 55.7. The maximum atomic E-state index is 13.8. The van der Waals surface area contributed by atoms with Crippen LogP contribution >= 0.6 is 0 Å². The van der Waals surface area contributed by atoms with Gasteiger partial charge >= 0.3 is 11.9 Å². The van der Waals surface area contributed by atoms with Crippen molar-refractivity contribution in [2.45, 2.75) is 219 Å². The number of ether oxygens (including phenoxy) is 2. The second-order valence-corrected chi connectivity index (χ2v) is 18.2. The van der Waals surface area contributed by atoms with Crippen LogP contribution in [0.25, 0.3) is 0 Å². The highest BCUT2D eigenvalue weighted by Crippen LogP contribution is 2.26. The molecule has 1 heterocycles. The summed E-state index contributed by atoms with van der Waals surface area (Å²) < 4.78 is 11.2. The molecule has 0 spiro atoms. The van der Waals surface area contributed by atoms with Gasteiger partial charge in [0.25, 0.3) is 0 Å². The van der Waals surface area contributed by atoms with Crippen LogP contribution in [0.15, 0.2) is 72.8 Å². The Hall–Kier alpha value is -4.64. The van der Waals surface area contributed by atoms with Gasteiger partial charge in [0, 0.05) is 36.8 Å². The highest BCUT2D eigenvalue weighted by molar-refractivity contribution is 5.97. The van der Waals surface area contributed by atoms with Crippen molar-refractivity contribution in [2.75, 3.05) is 18.1 Å². The highest BCUT2D eigenvalue weighted by Gasteiger charge is 2.23. The van der Waals surface area contributed by atoms with Gasteiger partial charge in [-0.25, -0.2) is 0 Å². The number of esters is 2. The lowest BCUT2D eigenvalue weighted by atomic mass is 10.0. The Bertz CT molecular complexity index is 1720. The zero-order valence-corrected chi connectivity index (χ0v) is 41.2. The summed E-state index contributed by atoms with van der Waals surface area (Å²) in [7, 11) is 0. The molecule has 8 heteroatoms. The summed E-state index contributed by atoms with van der Waals surface area (Å²) in [5.74, 6) is 5.20. The van der Waals surface area contributed by atoms with Gasteiger partial charge in [-0.05, 0) is 88.0 Å². The van der Waals surface area contributed by atoms with Crippen molar-refractivity contribution < 1.29 is 28.7 Å². The molecule has 2 aromatic carbocycles. The number of fused-ring (bicyclic) bond motifs is 2. The van der Waals surface area contributed by atoms with Crippen molar-refractivity contribution >= 4 is 29.4 Å². The number of hydrogen-bond donors (Lipinski definition) is 1. The van der Waals surface area contributed by atoms with Crippen LogP contribution in [0.1, 0.15) is 223 Å². The molecule has 66 heavy (non-hydrogen) atoms. The summed E-state index contributed by atoms with van der Waals surface area (Å²) in [4.78, 5) is 54.4. The van der Waals surface area contributed by atoms with Crippen LogP contribution in [-0.2, 0) is 35.2 Å². The Kier molecular flexibility index (Phi) is 31.6. The molecular weight excluding hydrogens is 821 g/mol. The number of benzene rings is 2. The molecule has 8 nitrogen and oxygen atoms in total. The van der Waals surface area contributed by atoms with Crippen molar-refractivity contribution in [2.24, 2.45) is 0 Å². The standard InChI is InChI=1S/C58H86N2O6/c1-3-5-7-9-11-13-15-17-19-21-23-25-27-29-31-41-57(63)65-48-53(49-66-58(64)42-32-30-28-26-24-22-20-18-16-14-12-10-8-6-4-2)59-55(61)45-46-56(62)60-47-52-39-34-33-37-50(52)43-44-51-38-35-36-40-54(51)60/h17-20,33-40,53H,3-16,21-32,41-42,45-49H2,1-2H3,(H,59,61)/b19-17-,20-18-. The Morgan fingerprint density at radius 1 is 0.530 bits per heavy atom. The number of allylic oxidation sites excluding steroid dienone is 4. The maximum Gasteiger partial charge on any atom is 0.305 e. The molecule has 364 valence electrons. The fraction of sp³-hybridized carbons (Fsp3) is 0.621. The van der Waals surface area contributed by atoms with Gasteiger partial charge in [-0.3, -0.25) is 19.2 Å². The second kappa shape index (κ2) is 37.5. The van der Waals surface area contributed by atoms with Crippen molar-refractivity contribution in [1.29, 1.82) is 0 Å². The predicted octanol–water partition coefficient (Wildman–Crippen LogP) is 14.4. The first-order chi connectivity index (χ1) is 32.4. The molecule has 0 atom stereocenters. The van der Waals surface area contributed by atoms with Crippen molar-refractivity contribution in [1.82, 2.24) is 5.32 Å². The molecule has 1 N–H and O–H groups in total. The minimum Gasteiger partial charge on any atom is -0.463 e. The van der Waals surface area contributed by atoms with E-state index >= 15 is 0 Å². The summed E-state index contributed by atoms with van der Waals surface area (Å²) in [5.41, 5.74) is 3.25. The van der Waals surface area contributed by atoms with E-state index in [1.807, 2.05) is 48.5 Å². The van der Waals surface area contributed by atoms with E-state index in [0.29, 0.717) is 25.1 Å². The van der Waals surface area contributed by atoms with Gasteiger partial charge in [-0.2, -0.15) is 0 Å². The zero-order chi connectivity index (χ0) is 47.1. The summed E-state index contributed by atoms with van der Waals surface area (Å²) in [6.45, 7) is 4.62. The monoisotopic (exact) mass is 907 g/mol. The molecule has 0 aromatic heterocycles. The summed E-state index contributed by atoms with van der Waals surface area (Å²) in [5, 5.41) is 2.89. The van der Waals surface area contributed by atoms with Crippen molar-refractivity contribution in [3.05, 3.63) is 89.5 Å². The number of amides is 2. The number of rotatable bonds is 38. The third-order valence-electron chi connectivity index (χ3n) is 12.3. The third-order valence-corrected chi connectivity index (χ3v) is 12.3. The molecule has 3 rings (SSSR count). The fourth-order valence-electron chi connectivity index (χ4n) is 8.21. The number of nitrogens with zero attached hydrogens (tertiary/aromatic N) is 1. The maximum absolute atomic E-state index is 13.8. The number of para-hydroxylation sites is 1. The van der Waals surface area contributed by atoms with Crippen molar-refractivity contribution in [3.8, 4) is 11.8 Å². The fourth-order valence-corrected chi connectivity index (χ4v) is 8.21. The lowest BCUT2D eigenvalue weighted by molar-refractivity contribution is -0.149. The third kappa shape index (κ3) is 26.5. The van der Waals surface area contributed by atoms with Crippen LogP contribution in [0, 0.1) is 11.8 Å². The molecule has 2 amide bonds. The van der Waals surface area contributed by atoms with Gasteiger partial charge < -0.3 is 19.7 Å². The molecule has 0 saturated carbocycles. The van der Waals surface area contributed by atoms with E-state index in [4.69, 9.17) is 9.47 Å². The van der Waals surface area contributed by atoms with E-state index in [-0.39, 0.29) is 49.8 Å². The largest absolute Gasteiger partial charge is 0.463 e. The predicted molar refractivity (Wildman–Crippen MR) is 272 cm³/mol. The lowest BCUT2D eigenvalue weighted by Gasteiger charge is -2.26. The SMILES string of the molecule is CCCCCCCC/C=C\CCCCCCCC(=O)OCC(COC(=O)CCCCCCC/C=C\CCCCCCCC)NC(=O)CCC(=O)N1Cc2ccccc2C#Cc2ccccc21. The molecule has 0 unspecified atom stereocenters. The van der Waals surface area contributed by atoms with Gasteiger partial charge in [0.15, 0.2) is 0 Å².